The first-order valence-corrected chi connectivity index (χ1v) is 10.2. The first kappa shape index (κ1) is 19.8. The molecule has 1 aliphatic carbocycles. The Kier molecular flexibility index (Phi) is 9.40. The Labute approximate surface area is 153 Å². The Morgan fingerprint density at radius 1 is 1.00 bits per heavy atom. The van der Waals surface area contributed by atoms with E-state index in [0.29, 0.717) is 6.42 Å². The second-order valence-corrected chi connectivity index (χ2v) is 7.53. The highest BCUT2D eigenvalue weighted by atomic mass is 16.4. The van der Waals surface area contributed by atoms with E-state index in [1.54, 1.807) is 0 Å². The van der Waals surface area contributed by atoms with E-state index in [1.165, 1.54) is 63.4 Å². The molecule has 1 N–H and O–H groups in total. The zero-order chi connectivity index (χ0) is 17.7. The van der Waals surface area contributed by atoms with Crippen LogP contribution in [0.25, 0.3) is 0 Å². The maximum absolute atomic E-state index is 10.5. The fourth-order valence-corrected chi connectivity index (χ4v) is 4.12. The van der Waals surface area contributed by atoms with Gasteiger partial charge < -0.3 is 5.11 Å². The monoisotopic (exact) mass is 342 g/mol. The summed E-state index contributed by atoms with van der Waals surface area (Å²) < 4.78 is 0. The number of aliphatic carboxylic acids is 1. The Bertz CT molecular complexity index is 506. The Hall–Kier alpha value is -1.57. The van der Waals surface area contributed by atoms with Gasteiger partial charge in [-0.15, -0.1) is 0 Å². The predicted molar refractivity (Wildman–Crippen MR) is 105 cm³/mol. The third-order valence-electron chi connectivity index (χ3n) is 5.57. The first-order chi connectivity index (χ1) is 12.3. The van der Waals surface area contributed by atoms with Gasteiger partial charge in [0.25, 0.3) is 0 Å². The fourth-order valence-electron chi connectivity index (χ4n) is 4.12. The van der Waals surface area contributed by atoms with Crippen LogP contribution in [0.3, 0.4) is 0 Å². The van der Waals surface area contributed by atoms with E-state index in [4.69, 9.17) is 5.11 Å². The van der Waals surface area contributed by atoms with Gasteiger partial charge in [0.05, 0.1) is 0 Å². The lowest BCUT2D eigenvalue weighted by molar-refractivity contribution is -0.137. The van der Waals surface area contributed by atoms with E-state index in [0.717, 1.165) is 24.7 Å². The van der Waals surface area contributed by atoms with Crippen molar-refractivity contribution in [1.29, 1.82) is 0 Å². The summed E-state index contributed by atoms with van der Waals surface area (Å²) in [5.74, 6) is 1.10. The van der Waals surface area contributed by atoms with Gasteiger partial charge in [0.2, 0.25) is 0 Å². The maximum Gasteiger partial charge on any atom is 0.303 e. The number of aryl methyl sites for hydroxylation is 1. The van der Waals surface area contributed by atoms with E-state index in [2.05, 4.69) is 42.5 Å². The van der Waals surface area contributed by atoms with Gasteiger partial charge in [0.15, 0.2) is 0 Å². The van der Waals surface area contributed by atoms with E-state index in [9.17, 15) is 4.79 Å². The largest absolute Gasteiger partial charge is 0.481 e. The van der Waals surface area contributed by atoms with Crippen molar-refractivity contribution in [2.75, 3.05) is 0 Å². The zero-order valence-corrected chi connectivity index (χ0v) is 15.5. The van der Waals surface area contributed by atoms with Crippen molar-refractivity contribution < 1.29 is 9.90 Å². The van der Waals surface area contributed by atoms with Gasteiger partial charge in [-0.2, -0.15) is 0 Å². The summed E-state index contributed by atoms with van der Waals surface area (Å²) in [6, 6.07) is 10.8. The SMILES string of the molecule is O=C(O)CCCC=CCC1CCCC1CCCCCc1ccccc1. The molecule has 1 saturated carbocycles. The minimum atomic E-state index is -0.684. The lowest BCUT2D eigenvalue weighted by Crippen LogP contribution is -2.07. The highest BCUT2D eigenvalue weighted by Gasteiger charge is 2.25. The molecule has 2 unspecified atom stereocenters. The Morgan fingerprint density at radius 3 is 2.60 bits per heavy atom. The topological polar surface area (TPSA) is 37.3 Å². The lowest BCUT2D eigenvalue weighted by Gasteiger charge is -2.18. The maximum atomic E-state index is 10.5. The van der Waals surface area contributed by atoms with Crippen LogP contribution in [0.1, 0.15) is 76.2 Å². The molecule has 0 radical (unpaired) electrons. The fraction of sp³-hybridized carbons (Fsp3) is 0.609. The normalized spacial score (nSPS) is 20.3. The molecule has 2 rings (SSSR count). The molecule has 0 bridgehead atoms. The molecule has 1 fully saturated rings. The number of allylic oxidation sites excluding steroid dienone is 2. The number of unbranched alkanes of at least 4 members (excludes halogenated alkanes) is 3. The molecular weight excluding hydrogens is 308 g/mol. The molecular formula is C23H34O2. The molecule has 2 nitrogen and oxygen atoms in total. The molecule has 0 saturated heterocycles. The minimum Gasteiger partial charge on any atom is -0.481 e. The third-order valence-corrected chi connectivity index (χ3v) is 5.57. The van der Waals surface area contributed by atoms with Gasteiger partial charge in [0, 0.05) is 6.42 Å². The summed E-state index contributed by atoms with van der Waals surface area (Å²) in [5, 5.41) is 8.64. The lowest BCUT2D eigenvalue weighted by atomic mass is 9.88. The van der Waals surface area contributed by atoms with Crippen LogP contribution in [0.15, 0.2) is 42.5 Å². The molecule has 2 atom stereocenters. The molecule has 1 aromatic rings. The molecule has 0 aliphatic heterocycles. The highest BCUT2D eigenvalue weighted by molar-refractivity contribution is 5.66. The van der Waals surface area contributed by atoms with Crippen LogP contribution in [0.4, 0.5) is 0 Å². The van der Waals surface area contributed by atoms with Gasteiger partial charge in [-0.25, -0.2) is 0 Å². The van der Waals surface area contributed by atoms with E-state index >= 15 is 0 Å². The van der Waals surface area contributed by atoms with Crippen LogP contribution in [-0.2, 0) is 11.2 Å². The number of hydrogen-bond donors (Lipinski definition) is 1. The van der Waals surface area contributed by atoms with Gasteiger partial charge in [-0.05, 0) is 55.9 Å². The Balaban J connectivity index is 1.54. The van der Waals surface area contributed by atoms with Crippen molar-refractivity contribution in [3.63, 3.8) is 0 Å². The molecule has 138 valence electrons. The summed E-state index contributed by atoms with van der Waals surface area (Å²) in [6.45, 7) is 0. The molecule has 0 amide bonds. The number of carboxylic acid groups (broad SMARTS) is 1. The smallest absolute Gasteiger partial charge is 0.303 e. The molecule has 0 aromatic heterocycles. The quantitative estimate of drug-likeness (QED) is 0.352. The number of carboxylic acids is 1. The molecule has 1 aliphatic rings. The first-order valence-electron chi connectivity index (χ1n) is 10.2. The van der Waals surface area contributed by atoms with Crippen LogP contribution in [0.2, 0.25) is 0 Å². The summed E-state index contributed by atoms with van der Waals surface area (Å²) in [5.41, 5.74) is 1.47. The number of hydrogen-bond acceptors (Lipinski definition) is 1. The Morgan fingerprint density at radius 2 is 1.80 bits per heavy atom. The molecule has 0 spiro atoms. The second kappa shape index (κ2) is 11.9. The van der Waals surface area contributed by atoms with Crippen molar-refractivity contribution in [3.8, 4) is 0 Å². The predicted octanol–water partition coefficient (Wildman–Crippen LogP) is 6.41. The van der Waals surface area contributed by atoms with Crippen molar-refractivity contribution in [1.82, 2.24) is 0 Å². The molecule has 25 heavy (non-hydrogen) atoms. The number of rotatable bonds is 12. The standard InChI is InChI=1S/C23H34O2/c24-23(25)19-10-2-1-8-15-21-17-11-18-22(21)16-9-4-7-14-20-12-5-3-6-13-20/h1,3,5-6,8,12-13,21-22H,2,4,7,9-11,14-19H2,(H,24,25). The summed E-state index contributed by atoms with van der Waals surface area (Å²) in [4.78, 5) is 10.5. The number of benzene rings is 1. The second-order valence-electron chi connectivity index (χ2n) is 7.53. The van der Waals surface area contributed by atoms with Crippen LogP contribution < -0.4 is 0 Å². The van der Waals surface area contributed by atoms with Crippen LogP contribution in [0.5, 0.6) is 0 Å². The van der Waals surface area contributed by atoms with Gasteiger partial charge in [0.1, 0.15) is 0 Å². The molecule has 1 aromatic carbocycles. The van der Waals surface area contributed by atoms with Crippen molar-refractivity contribution in [3.05, 3.63) is 48.0 Å². The minimum absolute atomic E-state index is 0.291. The van der Waals surface area contributed by atoms with E-state index in [-0.39, 0.29) is 0 Å². The average molecular weight is 343 g/mol. The van der Waals surface area contributed by atoms with Crippen molar-refractivity contribution in [2.24, 2.45) is 11.8 Å². The van der Waals surface area contributed by atoms with Crippen LogP contribution in [-0.4, -0.2) is 11.1 Å². The van der Waals surface area contributed by atoms with Crippen molar-refractivity contribution >= 4 is 5.97 Å². The molecule has 2 heteroatoms. The van der Waals surface area contributed by atoms with Crippen molar-refractivity contribution in [2.45, 2.75) is 77.0 Å². The van der Waals surface area contributed by atoms with Gasteiger partial charge >= 0.3 is 5.97 Å². The third kappa shape index (κ3) is 8.38. The highest BCUT2D eigenvalue weighted by Crippen LogP contribution is 2.37. The van der Waals surface area contributed by atoms with Gasteiger partial charge in [-0.3, -0.25) is 4.79 Å². The van der Waals surface area contributed by atoms with Crippen LogP contribution >= 0.6 is 0 Å². The number of carbonyl (C=O) groups is 1. The van der Waals surface area contributed by atoms with Gasteiger partial charge in [-0.1, -0.05) is 74.6 Å². The van der Waals surface area contributed by atoms with E-state index in [1.807, 2.05) is 0 Å². The summed E-state index contributed by atoms with van der Waals surface area (Å²) in [7, 11) is 0. The summed E-state index contributed by atoms with van der Waals surface area (Å²) >= 11 is 0. The molecule has 0 heterocycles. The average Bonchev–Trinajstić information content (AvgIpc) is 3.06. The zero-order valence-electron chi connectivity index (χ0n) is 15.5. The van der Waals surface area contributed by atoms with E-state index < -0.39 is 5.97 Å². The van der Waals surface area contributed by atoms with Crippen LogP contribution in [0, 0.1) is 11.8 Å². The summed E-state index contributed by atoms with van der Waals surface area (Å²) in [6.07, 6.45) is 18.5.